The smallest absolute Gasteiger partial charge is 0.0325 e. The average Bonchev–Trinajstić information content (AvgIpc) is 3.07. The van der Waals surface area contributed by atoms with E-state index in [-0.39, 0.29) is 0 Å². The lowest BCUT2D eigenvalue weighted by atomic mass is 9.81. The van der Waals surface area contributed by atoms with Gasteiger partial charge in [0.15, 0.2) is 0 Å². The summed E-state index contributed by atoms with van der Waals surface area (Å²) in [6.45, 7) is 2.35. The van der Waals surface area contributed by atoms with E-state index < -0.39 is 0 Å². The van der Waals surface area contributed by atoms with E-state index in [1.165, 1.54) is 25.7 Å². The summed E-state index contributed by atoms with van der Waals surface area (Å²) in [6.07, 6.45) is 5.42. The maximum absolute atomic E-state index is 3.77. The first-order valence-corrected chi connectivity index (χ1v) is 6.19. The summed E-state index contributed by atoms with van der Waals surface area (Å²) in [5.41, 5.74) is 3.13. The molecule has 0 spiro atoms. The van der Waals surface area contributed by atoms with Crippen molar-refractivity contribution in [1.29, 1.82) is 0 Å². The molecular weight excluding hydrogens is 182 g/mol. The van der Waals surface area contributed by atoms with Gasteiger partial charge in [0.1, 0.15) is 0 Å². The molecule has 2 unspecified atom stereocenters. The predicted molar refractivity (Wildman–Crippen MR) is 63.0 cm³/mol. The SMILES string of the molecule is CC1CCC(NC2CC2)c2ccccc21. The number of hydrogen-bond acceptors (Lipinski definition) is 1. The fourth-order valence-corrected chi connectivity index (χ4v) is 2.71. The largest absolute Gasteiger partial charge is 0.307 e. The van der Waals surface area contributed by atoms with Gasteiger partial charge in [-0.05, 0) is 42.7 Å². The van der Waals surface area contributed by atoms with Crippen LogP contribution in [0.4, 0.5) is 0 Å². The Morgan fingerprint density at radius 1 is 1.00 bits per heavy atom. The predicted octanol–water partition coefficient (Wildman–Crippen LogP) is 3.38. The molecule has 2 aliphatic carbocycles. The van der Waals surface area contributed by atoms with Crippen LogP contribution in [0.25, 0.3) is 0 Å². The number of hydrogen-bond donors (Lipinski definition) is 1. The molecule has 0 radical (unpaired) electrons. The molecule has 15 heavy (non-hydrogen) atoms. The zero-order valence-corrected chi connectivity index (χ0v) is 9.37. The summed E-state index contributed by atoms with van der Waals surface area (Å²) in [7, 11) is 0. The second-order valence-corrected chi connectivity index (χ2v) is 5.10. The van der Waals surface area contributed by atoms with Crippen LogP contribution in [-0.2, 0) is 0 Å². The molecule has 0 heterocycles. The van der Waals surface area contributed by atoms with Crippen LogP contribution in [0, 0.1) is 0 Å². The molecule has 1 N–H and O–H groups in total. The molecule has 0 saturated heterocycles. The molecule has 1 heteroatoms. The lowest BCUT2D eigenvalue weighted by Gasteiger charge is -2.30. The van der Waals surface area contributed by atoms with Crippen molar-refractivity contribution in [3.8, 4) is 0 Å². The highest BCUT2D eigenvalue weighted by atomic mass is 15.0. The summed E-state index contributed by atoms with van der Waals surface area (Å²) in [5.74, 6) is 0.749. The van der Waals surface area contributed by atoms with Gasteiger partial charge in [0.25, 0.3) is 0 Å². The van der Waals surface area contributed by atoms with Crippen LogP contribution in [0.2, 0.25) is 0 Å². The van der Waals surface area contributed by atoms with Crippen LogP contribution in [0.3, 0.4) is 0 Å². The molecule has 0 amide bonds. The third kappa shape index (κ3) is 1.81. The van der Waals surface area contributed by atoms with Crippen molar-refractivity contribution in [3.05, 3.63) is 35.4 Å². The highest BCUT2D eigenvalue weighted by Crippen LogP contribution is 2.38. The fourth-order valence-electron chi connectivity index (χ4n) is 2.71. The quantitative estimate of drug-likeness (QED) is 0.773. The average molecular weight is 201 g/mol. The normalized spacial score (nSPS) is 29.9. The number of rotatable bonds is 2. The Morgan fingerprint density at radius 3 is 2.47 bits per heavy atom. The Balaban J connectivity index is 1.89. The second kappa shape index (κ2) is 3.64. The van der Waals surface area contributed by atoms with E-state index in [0.29, 0.717) is 6.04 Å². The first kappa shape index (κ1) is 9.41. The Hall–Kier alpha value is -0.820. The van der Waals surface area contributed by atoms with Crippen molar-refractivity contribution in [2.45, 2.75) is 50.6 Å². The number of benzene rings is 1. The van der Waals surface area contributed by atoms with Gasteiger partial charge in [0.2, 0.25) is 0 Å². The van der Waals surface area contributed by atoms with Crippen LogP contribution in [0.5, 0.6) is 0 Å². The van der Waals surface area contributed by atoms with Crippen LogP contribution in [0.1, 0.15) is 55.7 Å². The molecule has 80 valence electrons. The fraction of sp³-hybridized carbons (Fsp3) is 0.571. The number of fused-ring (bicyclic) bond motifs is 1. The van der Waals surface area contributed by atoms with Crippen molar-refractivity contribution >= 4 is 0 Å². The molecule has 0 aromatic heterocycles. The summed E-state index contributed by atoms with van der Waals surface area (Å²) < 4.78 is 0. The van der Waals surface area contributed by atoms with E-state index in [9.17, 15) is 0 Å². The molecule has 0 aliphatic heterocycles. The van der Waals surface area contributed by atoms with E-state index in [2.05, 4.69) is 36.5 Å². The standard InChI is InChI=1S/C14H19N/c1-10-6-9-14(15-11-7-8-11)13-5-3-2-4-12(10)13/h2-5,10-11,14-15H,6-9H2,1H3. The van der Waals surface area contributed by atoms with Gasteiger partial charge < -0.3 is 5.32 Å². The first-order chi connectivity index (χ1) is 7.34. The highest BCUT2D eigenvalue weighted by molar-refractivity contribution is 5.35. The Labute approximate surface area is 91.9 Å². The van der Waals surface area contributed by atoms with Gasteiger partial charge in [-0.3, -0.25) is 0 Å². The minimum absolute atomic E-state index is 0.630. The van der Waals surface area contributed by atoms with E-state index >= 15 is 0 Å². The Kier molecular flexibility index (Phi) is 2.28. The van der Waals surface area contributed by atoms with Gasteiger partial charge in [-0.1, -0.05) is 31.2 Å². The Bertz CT molecular complexity index is 354. The van der Waals surface area contributed by atoms with Gasteiger partial charge in [-0.2, -0.15) is 0 Å². The minimum Gasteiger partial charge on any atom is -0.307 e. The van der Waals surface area contributed by atoms with Gasteiger partial charge in [0.05, 0.1) is 0 Å². The lowest BCUT2D eigenvalue weighted by molar-refractivity contribution is 0.430. The summed E-state index contributed by atoms with van der Waals surface area (Å²) in [6, 6.07) is 10.4. The van der Waals surface area contributed by atoms with Crippen LogP contribution in [0.15, 0.2) is 24.3 Å². The monoisotopic (exact) mass is 201 g/mol. The van der Waals surface area contributed by atoms with Crippen molar-refractivity contribution in [1.82, 2.24) is 5.32 Å². The third-order valence-corrected chi connectivity index (χ3v) is 3.80. The van der Waals surface area contributed by atoms with Crippen LogP contribution < -0.4 is 5.32 Å². The molecule has 2 aliphatic rings. The first-order valence-electron chi connectivity index (χ1n) is 6.19. The summed E-state index contributed by atoms with van der Waals surface area (Å²) in [5, 5.41) is 3.77. The molecule has 1 saturated carbocycles. The van der Waals surface area contributed by atoms with Gasteiger partial charge in [0, 0.05) is 12.1 Å². The summed E-state index contributed by atoms with van der Waals surface area (Å²) >= 11 is 0. The molecule has 1 aromatic rings. The minimum atomic E-state index is 0.630. The molecule has 3 rings (SSSR count). The van der Waals surface area contributed by atoms with Crippen molar-refractivity contribution < 1.29 is 0 Å². The lowest BCUT2D eigenvalue weighted by Crippen LogP contribution is -2.27. The van der Waals surface area contributed by atoms with Crippen LogP contribution in [-0.4, -0.2) is 6.04 Å². The maximum atomic E-state index is 3.77. The molecule has 0 bridgehead atoms. The highest BCUT2D eigenvalue weighted by Gasteiger charge is 2.29. The van der Waals surface area contributed by atoms with E-state index in [0.717, 1.165) is 12.0 Å². The molecule has 1 nitrogen and oxygen atoms in total. The zero-order chi connectivity index (χ0) is 10.3. The molecule has 2 atom stereocenters. The Morgan fingerprint density at radius 2 is 1.73 bits per heavy atom. The second-order valence-electron chi connectivity index (χ2n) is 5.10. The zero-order valence-electron chi connectivity index (χ0n) is 9.37. The molecular formula is C14H19N. The number of nitrogens with one attached hydrogen (secondary N) is 1. The summed E-state index contributed by atoms with van der Waals surface area (Å²) in [4.78, 5) is 0. The topological polar surface area (TPSA) is 12.0 Å². The molecule has 1 aromatic carbocycles. The third-order valence-electron chi connectivity index (χ3n) is 3.80. The van der Waals surface area contributed by atoms with Crippen LogP contribution >= 0.6 is 0 Å². The van der Waals surface area contributed by atoms with Crippen molar-refractivity contribution in [2.75, 3.05) is 0 Å². The van der Waals surface area contributed by atoms with E-state index in [1.54, 1.807) is 11.1 Å². The van der Waals surface area contributed by atoms with Crippen molar-refractivity contribution in [3.63, 3.8) is 0 Å². The van der Waals surface area contributed by atoms with Gasteiger partial charge in [-0.15, -0.1) is 0 Å². The van der Waals surface area contributed by atoms with E-state index in [4.69, 9.17) is 0 Å². The van der Waals surface area contributed by atoms with Crippen molar-refractivity contribution in [2.24, 2.45) is 0 Å². The maximum Gasteiger partial charge on any atom is 0.0325 e. The van der Waals surface area contributed by atoms with E-state index in [1.807, 2.05) is 0 Å². The molecule has 1 fully saturated rings. The van der Waals surface area contributed by atoms with Gasteiger partial charge >= 0.3 is 0 Å². The van der Waals surface area contributed by atoms with Gasteiger partial charge in [-0.25, -0.2) is 0 Å².